The number of carbonyl (C=O) groups excluding carboxylic acids is 2. The van der Waals surface area contributed by atoms with Crippen molar-refractivity contribution in [1.29, 1.82) is 0 Å². The molecule has 1 aliphatic heterocycles. The predicted molar refractivity (Wildman–Crippen MR) is 99.0 cm³/mol. The van der Waals surface area contributed by atoms with Gasteiger partial charge in [-0.25, -0.2) is 4.79 Å². The summed E-state index contributed by atoms with van der Waals surface area (Å²) in [7, 11) is 0. The fourth-order valence-corrected chi connectivity index (χ4v) is 2.81. The molecule has 2 aromatic carbocycles. The standard InChI is InChI=1S/C18H19ClN4O2/c19-16-4-2-1-3-13(16)11-21-18(25)22-14-5-7-15(8-6-14)23-10-9-20-17(24)12-23/h1-8H,9-12H2,(H,20,24)(H2,21,22,25). The molecule has 0 spiro atoms. The second kappa shape index (κ2) is 7.90. The van der Waals surface area contributed by atoms with Crippen molar-refractivity contribution < 1.29 is 9.59 Å². The fraction of sp³-hybridized carbons (Fsp3) is 0.222. The molecule has 0 unspecified atom stereocenters. The van der Waals surface area contributed by atoms with E-state index in [1.54, 1.807) is 6.07 Å². The molecule has 0 atom stereocenters. The van der Waals surface area contributed by atoms with Crippen LogP contribution in [0.3, 0.4) is 0 Å². The number of hydrogen-bond donors (Lipinski definition) is 3. The van der Waals surface area contributed by atoms with Crippen molar-refractivity contribution in [3.63, 3.8) is 0 Å². The van der Waals surface area contributed by atoms with E-state index in [9.17, 15) is 9.59 Å². The van der Waals surface area contributed by atoms with E-state index >= 15 is 0 Å². The molecule has 3 amide bonds. The van der Waals surface area contributed by atoms with E-state index in [0.29, 0.717) is 30.3 Å². The second-order valence-electron chi connectivity index (χ2n) is 5.72. The average molecular weight is 359 g/mol. The van der Waals surface area contributed by atoms with Gasteiger partial charge in [0.15, 0.2) is 0 Å². The zero-order valence-electron chi connectivity index (χ0n) is 13.6. The zero-order valence-corrected chi connectivity index (χ0v) is 14.3. The van der Waals surface area contributed by atoms with Crippen LogP contribution in [0.1, 0.15) is 5.56 Å². The molecule has 0 radical (unpaired) electrons. The number of nitrogens with zero attached hydrogens (tertiary/aromatic N) is 1. The zero-order chi connectivity index (χ0) is 17.6. The summed E-state index contributed by atoms with van der Waals surface area (Å²) >= 11 is 6.06. The highest BCUT2D eigenvalue weighted by atomic mass is 35.5. The van der Waals surface area contributed by atoms with Crippen molar-refractivity contribution in [3.8, 4) is 0 Å². The minimum Gasteiger partial charge on any atom is -0.360 e. The Morgan fingerprint density at radius 3 is 2.64 bits per heavy atom. The summed E-state index contributed by atoms with van der Waals surface area (Å²) in [5.74, 6) is 0.0207. The van der Waals surface area contributed by atoms with E-state index in [0.717, 1.165) is 17.8 Å². The first-order valence-corrected chi connectivity index (χ1v) is 8.39. The van der Waals surface area contributed by atoms with Crippen molar-refractivity contribution in [2.45, 2.75) is 6.54 Å². The molecule has 25 heavy (non-hydrogen) atoms. The van der Waals surface area contributed by atoms with Crippen LogP contribution in [0.2, 0.25) is 5.02 Å². The lowest BCUT2D eigenvalue weighted by Crippen LogP contribution is -2.47. The van der Waals surface area contributed by atoms with Crippen LogP contribution in [0.15, 0.2) is 48.5 Å². The highest BCUT2D eigenvalue weighted by Gasteiger charge is 2.16. The Kier molecular flexibility index (Phi) is 5.40. The van der Waals surface area contributed by atoms with Gasteiger partial charge in [-0.3, -0.25) is 4.79 Å². The van der Waals surface area contributed by atoms with Crippen molar-refractivity contribution in [1.82, 2.24) is 10.6 Å². The summed E-state index contributed by atoms with van der Waals surface area (Å²) < 4.78 is 0. The van der Waals surface area contributed by atoms with Gasteiger partial charge in [0, 0.05) is 36.0 Å². The van der Waals surface area contributed by atoms with Crippen LogP contribution in [-0.2, 0) is 11.3 Å². The maximum atomic E-state index is 12.0. The Hall–Kier alpha value is -2.73. The summed E-state index contributed by atoms with van der Waals surface area (Å²) in [6, 6.07) is 14.5. The Labute approximate surface area is 151 Å². The second-order valence-corrected chi connectivity index (χ2v) is 6.12. The topological polar surface area (TPSA) is 73.5 Å². The molecule has 0 saturated carbocycles. The number of nitrogens with one attached hydrogen (secondary N) is 3. The summed E-state index contributed by atoms with van der Waals surface area (Å²) in [6.45, 7) is 2.12. The minimum absolute atomic E-state index is 0.0207. The molecule has 1 fully saturated rings. The van der Waals surface area contributed by atoms with Gasteiger partial charge in [0.25, 0.3) is 0 Å². The third kappa shape index (κ3) is 4.64. The molecular formula is C18H19ClN4O2. The molecule has 6 nitrogen and oxygen atoms in total. The number of urea groups is 1. The maximum Gasteiger partial charge on any atom is 0.319 e. The summed E-state index contributed by atoms with van der Waals surface area (Å²) in [6.07, 6.45) is 0. The largest absolute Gasteiger partial charge is 0.360 e. The van der Waals surface area contributed by atoms with E-state index in [1.165, 1.54) is 0 Å². The lowest BCUT2D eigenvalue weighted by Gasteiger charge is -2.28. The number of hydrogen-bond acceptors (Lipinski definition) is 3. The third-order valence-corrected chi connectivity index (χ3v) is 4.29. The Balaban J connectivity index is 1.53. The van der Waals surface area contributed by atoms with Crippen LogP contribution < -0.4 is 20.9 Å². The van der Waals surface area contributed by atoms with Gasteiger partial charge in [-0.1, -0.05) is 29.8 Å². The molecule has 130 valence electrons. The van der Waals surface area contributed by atoms with Crippen molar-refractivity contribution >= 4 is 34.9 Å². The quantitative estimate of drug-likeness (QED) is 0.786. The Morgan fingerprint density at radius 2 is 1.92 bits per heavy atom. The van der Waals surface area contributed by atoms with Crippen LogP contribution >= 0.6 is 11.6 Å². The van der Waals surface area contributed by atoms with E-state index in [2.05, 4.69) is 16.0 Å². The van der Waals surface area contributed by atoms with E-state index in [4.69, 9.17) is 11.6 Å². The summed E-state index contributed by atoms with van der Waals surface area (Å²) in [5.41, 5.74) is 2.50. The first-order chi connectivity index (χ1) is 12.1. The number of carbonyl (C=O) groups is 2. The highest BCUT2D eigenvalue weighted by molar-refractivity contribution is 6.31. The van der Waals surface area contributed by atoms with Gasteiger partial charge in [-0.15, -0.1) is 0 Å². The first-order valence-electron chi connectivity index (χ1n) is 8.02. The molecule has 3 rings (SSSR count). The number of piperazine rings is 1. The average Bonchev–Trinajstić information content (AvgIpc) is 2.62. The fourth-order valence-electron chi connectivity index (χ4n) is 2.61. The predicted octanol–water partition coefficient (Wildman–Crippen LogP) is 2.60. The Morgan fingerprint density at radius 1 is 1.16 bits per heavy atom. The van der Waals surface area contributed by atoms with Crippen LogP contribution in [0.4, 0.5) is 16.2 Å². The van der Waals surface area contributed by atoms with E-state index in [-0.39, 0.29) is 11.9 Å². The van der Waals surface area contributed by atoms with Gasteiger partial charge < -0.3 is 20.9 Å². The van der Waals surface area contributed by atoms with E-state index in [1.807, 2.05) is 47.4 Å². The monoisotopic (exact) mass is 358 g/mol. The normalized spacial score (nSPS) is 14.0. The van der Waals surface area contributed by atoms with Crippen molar-refractivity contribution in [2.24, 2.45) is 0 Å². The van der Waals surface area contributed by atoms with Crippen molar-refractivity contribution in [3.05, 3.63) is 59.1 Å². The number of benzene rings is 2. The third-order valence-electron chi connectivity index (χ3n) is 3.93. The van der Waals surface area contributed by atoms with Crippen LogP contribution in [0.25, 0.3) is 0 Å². The number of amides is 3. The van der Waals surface area contributed by atoms with Crippen LogP contribution in [0.5, 0.6) is 0 Å². The molecule has 0 bridgehead atoms. The number of halogens is 1. The molecule has 1 saturated heterocycles. The van der Waals surface area contributed by atoms with Crippen LogP contribution in [0, 0.1) is 0 Å². The molecule has 0 aromatic heterocycles. The van der Waals surface area contributed by atoms with Crippen LogP contribution in [-0.4, -0.2) is 31.6 Å². The molecule has 1 heterocycles. The molecule has 2 aromatic rings. The van der Waals surface area contributed by atoms with Gasteiger partial charge >= 0.3 is 6.03 Å². The Bertz CT molecular complexity index is 764. The van der Waals surface area contributed by atoms with Gasteiger partial charge in [-0.05, 0) is 35.9 Å². The number of anilines is 2. The number of rotatable bonds is 4. The van der Waals surface area contributed by atoms with Gasteiger partial charge in [-0.2, -0.15) is 0 Å². The van der Waals surface area contributed by atoms with Gasteiger partial charge in [0.1, 0.15) is 0 Å². The smallest absolute Gasteiger partial charge is 0.319 e. The molecule has 7 heteroatoms. The summed E-state index contributed by atoms with van der Waals surface area (Å²) in [5, 5.41) is 8.97. The molecule has 3 N–H and O–H groups in total. The van der Waals surface area contributed by atoms with Gasteiger partial charge in [0.05, 0.1) is 6.54 Å². The minimum atomic E-state index is -0.301. The van der Waals surface area contributed by atoms with Crippen molar-refractivity contribution in [2.75, 3.05) is 29.9 Å². The maximum absolute atomic E-state index is 12.0. The molecule has 0 aliphatic carbocycles. The molecular weight excluding hydrogens is 340 g/mol. The van der Waals surface area contributed by atoms with Gasteiger partial charge in [0.2, 0.25) is 5.91 Å². The molecule has 1 aliphatic rings. The SMILES string of the molecule is O=C1CN(c2ccc(NC(=O)NCc3ccccc3Cl)cc2)CCN1. The lowest BCUT2D eigenvalue weighted by molar-refractivity contribution is -0.120. The van der Waals surface area contributed by atoms with E-state index < -0.39 is 0 Å². The first kappa shape index (κ1) is 17.1. The highest BCUT2D eigenvalue weighted by Crippen LogP contribution is 2.19. The summed E-state index contributed by atoms with van der Waals surface area (Å²) in [4.78, 5) is 25.4. The lowest BCUT2D eigenvalue weighted by atomic mass is 10.2.